The van der Waals surface area contributed by atoms with Gasteiger partial charge in [-0.15, -0.1) is 0 Å². The van der Waals surface area contributed by atoms with E-state index in [1.807, 2.05) is 0 Å². The normalized spacial score (nSPS) is 33.6. The molecule has 2 heterocycles. The van der Waals surface area contributed by atoms with Crippen LogP contribution in [0, 0.1) is 5.92 Å². The Bertz CT molecular complexity index is 247. The molecule has 2 saturated heterocycles. The third-order valence-electron chi connectivity index (χ3n) is 3.37. The van der Waals surface area contributed by atoms with Crippen molar-refractivity contribution in [3.63, 3.8) is 0 Å². The molecule has 3 N–H and O–H groups in total. The zero-order chi connectivity index (χ0) is 10.8. The van der Waals surface area contributed by atoms with Crippen LogP contribution < -0.4 is 5.32 Å². The fourth-order valence-electron chi connectivity index (χ4n) is 2.60. The number of aliphatic hydroxyl groups is 2. The van der Waals surface area contributed by atoms with Crippen molar-refractivity contribution < 1.29 is 15.0 Å². The Morgan fingerprint density at radius 1 is 1.60 bits per heavy atom. The quantitative estimate of drug-likeness (QED) is 0.537. The SMILES string of the molecule is O=C1NCC2C1CCCN2CC(O)CO. The van der Waals surface area contributed by atoms with Crippen LogP contribution in [0.25, 0.3) is 0 Å². The number of amides is 1. The minimum atomic E-state index is -0.695. The molecule has 0 aromatic rings. The summed E-state index contributed by atoms with van der Waals surface area (Å²) in [6, 6.07) is 0.215. The van der Waals surface area contributed by atoms with E-state index in [4.69, 9.17) is 5.11 Å². The summed E-state index contributed by atoms with van der Waals surface area (Å²) in [6.45, 7) is 1.84. The molecule has 0 bridgehead atoms. The van der Waals surface area contributed by atoms with Gasteiger partial charge < -0.3 is 15.5 Å². The summed E-state index contributed by atoms with van der Waals surface area (Å²) in [5.74, 6) is 0.229. The van der Waals surface area contributed by atoms with Gasteiger partial charge in [-0.05, 0) is 19.4 Å². The van der Waals surface area contributed by atoms with E-state index in [9.17, 15) is 9.90 Å². The molecular weight excluding hydrogens is 196 g/mol. The van der Waals surface area contributed by atoms with Crippen molar-refractivity contribution in [2.45, 2.75) is 25.0 Å². The maximum Gasteiger partial charge on any atom is 0.224 e. The fourth-order valence-corrected chi connectivity index (χ4v) is 2.60. The summed E-state index contributed by atoms with van der Waals surface area (Å²) in [6.07, 6.45) is 1.24. The van der Waals surface area contributed by atoms with Crippen molar-refractivity contribution in [1.29, 1.82) is 0 Å². The maximum absolute atomic E-state index is 11.5. The summed E-state index contributed by atoms with van der Waals surface area (Å²) in [7, 11) is 0. The second-order valence-corrected chi connectivity index (χ2v) is 4.39. The summed E-state index contributed by atoms with van der Waals surface area (Å²) in [4.78, 5) is 13.6. The minimum Gasteiger partial charge on any atom is -0.394 e. The molecule has 3 atom stereocenters. The van der Waals surface area contributed by atoms with Gasteiger partial charge in [0.1, 0.15) is 0 Å². The second-order valence-electron chi connectivity index (χ2n) is 4.39. The lowest BCUT2D eigenvalue weighted by Crippen LogP contribution is -2.49. The van der Waals surface area contributed by atoms with Gasteiger partial charge in [-0.25, -0.2) is 0 Å². The molecule has 2 rings (SSSR count). The summed E-state index contributed by atoms with van der Waals surface area (Å²) in [5.41, 5.74) is 0. The first kappa shape index (κ1) is 10.9. The number of hydrogen-bond donors (Lipinski definition) is 3. The molecule has 86 valence electrons. The Balaban J connectivity index is 1.97. The van der Waals surface area contributed by atoms with Crippen LogP contribution in [0.1, 0.15) is 12.8 Å². The van der Waals surface area contributed by atoms with Gasteiger partial charge in [-0.3, -0.25) is 9.69 Å². The van der Waals surface area contributed by atoms with Gasteiger partial charge in [0.05, 0.1) is 18.6 Å². The number of aliphatic hydroxyl groups excluding tert-OH is 2. The van der Waals surface area contributed by atoms with E-state index in [0.717, 1.165) is 19.4 Å². The number of rotatable bonds is 3. The van der Waals surface area contributed by atoms with Gasteiger partial charge in [0.15, 0.2) is 0 Å². The molecule has 0 aromatic carbocycles. The molecule has 0 radical (unpaired) electrons. The Morgan fingerprint density at radius 3 is 3.13 bits per heavy atom. The number of carbonyl (C=O) groups is 1. The van der Waals surface area contributed by atoms with Crippen molar-refractivity contribution in [3.05, 3.63) is 0 Å². The van der Waals surface area contributed by atoms with Crippen molar-refractivity contribution in [2.75, 3.05) is 26.2 Å². The highest BCUT2D eigenvalue weighted by atomic mass is 16.3. The van der Waals surface area contributed by atoms with E-state index in [1.54, 1.807) is 0 Å². The van der Waals surface area contributed by atoms with Gasteiger partial charge >= 0.3 is 0 Å². The van der Waals surface area contributed by atoms with E-state index < -0.39 is 6.10 Å². The minimum absolute atomic E-state index is 0.0876. The van der Waals surface area contributed by atoms with Crippen LogP contribution in [-0.2, 0) is 4.79 Å². The average Bonchev–Trinajstić information content (AvgIpc) is 2.62. The molecule has 0 spiro atoms. The molecule has 2 aliphatic rings. The first-order valence-electron chi connectivity index (χ1n) is 5.53. The van der Waals surface area contributed by atoms with Gasteiger partial charge in [-0.1, -0.05) is 0 Å². The monoisotopic (exact) mass is 214 g/mol. The van der Waals surface area contributed by atoms with Crippen molar-refractivity contribution in [2.24, 2.45) is 5.92 Å². The van der Waals surface area contributed by atoms with Crippen LogP contribution in [0.4, 0.5) is 0 Å². The molecule has 0 saturated carbocycles. The van der Waals surface area contributed by atoms with E-state index in [0.29, 0.717) is 13.1 Å². The Kier molecular flexibility index (Phi) is 3.23. The largest absolute Gasteiger partial charge is 0.394 e. The Hall–Kier alpha value is -0.650. The topological polar surface area (TPSA) is 72.8 Å². The standard InChI is InChI=1S/C10H18N2O3/c13-6-7(14)5-12-3-1-2-8-9(12)4-11-10(8)15/h7-9,13-14H,1-6H2,(H,11,15). The Labute approximate surface area is 89.1 Å². The maximum atomic E-state index is 11.5. The van der Waals surface area contributed by atoms with Gasteiger partial charge in [0.25, 0.3) is 0 Å². The molecule has 0 aliphatic carbocycles. The van der Waals surface area contributed by atoms with E-state index >= 15 is 0 Å². The summed E-state index contributed by atoms with van der Waals surface area (Å²) < 4.78 is 0. The number of nitrogens with zero attached hydrogens (tertiary/aromatic N) is 1. The van der Waals surface area contributed by atoms with Crippen LogP contribution in [-0.4, -0.2) is 59.4 Å². The zero-order valence-corrected chi connectivity index (χ0v) is 8.72. The van der Waals surface area contributed by atoms with E-state index in [-0.39, 0.29) is 24.5 Å². The fraction of sp³-hybridized carbons (Fsp3) is 0.900. The highest BCUT2D eigenvalue weighted by Crippen LogP contribution is 2.27. The molecule has 5 nitrogen and oxygen atoms in total. The zero-order valence-electron chi connectivity index (χ0n) is 8.72. The predicted molar refractivity (Wildman–Crippen MR) is 54.2 cm³/mol. The first-order chi connectivity index (χ1) is 7.22. The lowest BCUT2D eigenvalue weighted by molar-refractivity contribution is -0.124. The molecule has 3 unspecified atom stereocenters. The van der Waals surface area contributed by atoms with Crippen molar-refractivity contribution >= 4 is 5.91 Å². The van der Waals surface area contributed by atoms with Crippen LogP contribution in [0.15, 0.2) is 0 Å². The first-order valence-corrected chi connectivity index (χ1v) is 5.53. The molecule has 5 heteroatoms. The van der Waals surface area contributed by atoms with Crippen molar-refractivity contribution in [1.82, 2.24) is 10.2 Å². The number of carbonyl (C=O) groups excluding carboxylic acids is 1. The number of β-amino-alcohol motifs (C(OH)–C–C–N with tert-alkyl or cyclic N) is 1. The average molecular weight is 214 g/mol. The second kappa shape index (κ2) is 4.47. The predicted octanol–water partition coefficient (Wildman–Crippen LogP) is -1.45. The lowest BCUT2D eigenvalue weighted by atomic mass is 9.91. The third-order valence-corrected chi connectivity index (χ3v) is 3.37. The molecular formula is C10H18N2O3. The molecule has 2 aliphatic heterocycles. The molecule has 1 amide bonds. The van der Waals surface area contributed by atoms with Crippen molar-refractivity contribution in [3.8, 4) is 0 Å². The van der Waals surface area contributed by atoms with Gasteiger partial charge in [-0.2, -0.15) is 0 Å². The van der Waals surface area contributed by atoms with Crippen LogP contribution in [0.3, 0.4) is 0 Å². The molecule has 15 heavy (non-hydrogen) atoms. The van der Waals surface area contributed by atoms with E-state index in [2.05, 4.69) is 10.2 Å². The van der Waals surface area contributed by atoms with Crippen LogP contribution >= 0.6 is 0 Å². The van der Waals surface area contributed by atoms with E-state index in [1.165, 1.54) is 0 Å². The smallest absolute Gasteiger partial charge is 0.224 e. The number of likely N-dealkylation sites (tertiary alicyclic amines) is 1. The number of hydrogen-bond acceptors (Lipinski definition) is 4. The highest BCUT2D eigenvalue weighted by Gasteiger charge is 2.40. The molecule has 2 fully saturated rings. The summed E-state index contributed by atoms with van der Waals surface area (Å²) in [5, 5.41) is 21.1. The molecule has 0 aromatic heterocycles. The summed E-state index contributed by atoms with van der Waals surface area (Å²) >= 11 is 0. The number of nitrogens with one attached hydrogen (secondary N) is 1. The highest BCUT2D eigenvalue weighted by molar-refractivity contribution is 5.82. The number of fused-ring (bicyclic) bond motifs is 1. The van der Waals surface area contributed by atoms with Crippen LogP contribution in [0.5, 0.6) is 0 Å². The number of piperidine rings is 1. The Morgan fingerprint density at radius 2 is 2.40 bits per heavy atom. The van der Waals surface area contributed by atoms with Gasteiger partial charge in [0.2, 0.25) is 5.91 Å². The van der Waals surface area contributed by atoms with Gasteiger partial charge in [0, 0.05) is 19.1 Å². The third kappa shape index (κ3) is 2.14. The van der Waals surface area contributed by atoms with Crippen LogP contribution in [0.2, 0.25) is 0 Å². The lowest BCUT2D eigenvalue weighted by Gasteiger charge is -2.36.